The van der Waals surface area contributed by atoms with Crippen LogP contribution in [0.4, 0.5) is 0 Å². The minimum Gasteiger partial charge on any atom is -0.379 e. The van der Waals surface area contributed by atoms with E-state index in [4.69, 9.17) is 15.5 Å². The first-order valence-corrected chi connectivity index (χ1v) is 6.45. The molecule has 2 N–H and O–H groups in total. The summed E-state index contributed by atoms with van der Waals surface area (Å²) in [6, 6.07) is 0. The number of hydrogen-bond donors (Lipinski definition) is 1. The molecule has 4 heteroatoms. The first kappa shape index (κ1) is 9.75. The Labute approximate surface area is 93.7 Å². The van der Waals surface area contributed by atoms with E-state index in [2.05, 4.69) is 0 Å². The van der Waals surface area contributed by atoms with E-state index >= 15 is 0 Å². The van der Waals surface area contributed by atoms with Gasteiger partial charge in [-0.1, -0.05) is 0 Å². The third-order valence-electron chi connectivity index (χ3n) is 3.32. The minimum atomic E-state index is -0.290. The number of nitrogens with zero attached hydrogens (tertiary/aromatic N) is 1. The van der Waals surface area contributed by atoms with Crippen molar-refractivity contribution >= 4 is 11.3 Å². The summed E-state index contributed by atoms with van der Waals surface area (Å²) in [5, 5.41) is 1.10. The Morgan fingerprint density at radius 3 is 2.93 bits per heavy atom. The zero-order chi connectivity index (χ0) is 10.3. The second-order valence-electron chi connectivity index (χ2n) is 4.55. The second kappa shape index (κ2) is 3.54. The van der Waals surface area contributed by atoms with Gasteiger partial charge in [-0.3, -0.25) is 0 Å². The summed E-state index contributed by atoms with van der Waals surface area (Å²) >= 11 is 1.82. The number of thiazole rings is 1. The van der Waals surface area contributed by atoms with Gasteiger partial charge in [0, 0.05) is 11.5 Å². The molecule has 1 aromatic rings. The smallest absolute Gasteiger partial charge is 0.115 e. The molecule has 15 heavy (non-hydrogen) atoms. The molecule has 1 fully saturated rings. The maximum atomic E-state index is 6.32. The molecule has 1 atom stereocenters. The monoisotopic (exact) mass is 224 g/mol. The Hall–Kier alpha value is -0.450. The van der Waals surface area contributed by atoms with Gasteiger partial charge in [0.25, 0.3) is 0 Å². The van der Waals surface area contributed by atoms with Crippen LogP contribution in [0.2, 0.25) is 0 Å². The lowest BCUT2D eigenvalue weighted by Gasteiger charge is -2.17. The maximum absolute atomic E-state index is 6.32. The van der Waals surface area contributed by atoms with Gasteiger partial charge in [0.1, 0.15) is 5.01 Å². The Kier molecular flexibility index (Phi) is 2.30. The molecule has 1 unspecified atom stereocenters. The quantitative estimate of drug-likeness (QED) is 0.788. The van der Waals surface area contributed by atoms with Gasteiger partial charge in [-0.2, -0.15) is 0 Å². The van der Waals surface area contributed by atoms with Crippen molar-refractivity contribution < 1.29 is 4.74 Å². The van der Waals surface area contributed by atoms with E-state index in [0.29, 0.717) is 6.61 Å². The van der Waals surface area contributed by atoms with Crippen LogP contribution in [0, 0.1) is 0 Å². The van der Waals surface area contributed by atoms with Crippen LogP contribution in [0.5, 0.6) is 0 Å². The number of ether oxygens (including phenoxy) is 1. The molecule has 1 aliphatic carbocycles. The van der Waals surface area contributed by atoms with Crippen LogP contribution >= 0.6 is 11.3 Å². The van der Waals surface area contributed by atoms with E-state index in [1.54, 1.807) is 0 Å². The molecule has 1 aromatic heterocycles. The van der Waals surface area contributed by atoms with Crippen LogP contribution in [-0.4, -0.2) is 18.2 Å². The summed E-state index contributed by atoms with van der Waals surface area (Å²) < 4.78 is 5.39. The fourth-order valence-electron chi connectivity index (χ4n) is 2.31. The maximum Gasteiger partial charge on any atom is 0.115 e. The Morgan fingerprint density at radius 2 is 2.20 bits per heavy atom. The standard InChI is InChI=1S/C11H16N2OS/c12-11(5-6-14-7-11)10-13-8-3-1-2-4-9(8)15-10/h1-7,12H2. The van der Waals surface area contributed by atoms with Crippen LogP contribution in [0.3, 0.4) is 0 Å². The molecule has 0 radical (unpaired) electrons. The first-order valence-electron chi connectivity index (χ1n) is 5.64. The average Bonchev–Trinajstić information content (AvgIpc) is 2.84. The highest BCUT2D eigenvalue weighted by atomic mass is 32.1. The molecule has 3 rings (SSSR count). The van der Waals surface area contributed by atoms with Gasteiger partial charge < -0.3 is 10.5 Å². The van der Waals surface area contributed by atoms with Gasteiger partial charge >= 0.3 is 0 Å². The molecule has 0 bridgehead atoms. The van der Waals surface area contributed by atoms with E-state index in [9.17, 15) is 0 Å². The zero-order valence-corrected chi connectivity index (χ0v) is 9.61. The minimum absolute atomic E-state index is 0.290. The summed E-state index contributed by atoms with van der Waals surface area (Å²) in [4.78, 5) is 6.18. The van der Waals surface area contributed by atoms with E-state index < -0.39 is 0 Å². The highest BCUT2D eigenvalue weighted by Gasteiger charge is 2.36. The van der Waals surface area contributed by atoms with Crippen molar-refractivity contribution in [3.63, 3.8) is 0 Å². The average molecular weight is 224 g/mol. The van der Waals surface area contributed by atoms with Gasteiger partial charge in [0.15, 0.2) is 0 Å². The molecule has 1 saturated heterocycles. The SMILES string of the molecule is NC1(c2nc3c(s2)CCCC3)CCOC1. The van der Waals surface area contributed by atoms with Crippen molar-refractivity contribution in [1.82, 2.24) is 4.98 Å². The highest BCUT2D eigenvalue weighted by molar-refractivity contribution is 7.11. The summed E-state index contributed by atoms with van der Waals surface area (Å²) in [7, 11) is 0. The van der Waals surface area contributed by atoms with E-state index in [1.165, 1.54) is 29.8 Å². The molecule has 2 heterocycles. The van der Waals surface area contributed by atoms with Crippen molar-refractivity contribution in [2.24, 2.45) is 5.73 Å². The molecule has 0 aromatic carbocycles. The third kappa shape index (κ3) is 1.61. The van der Waals surface area contributed by atoms with Gasteiger partial charge in [0.05, 0.1) is 17.8 Å². The molecular weight excluding hydrogens is 208 g/mol. The number of aryl methyl sites for hydroxylation is 2. The lowest BCUT2D eigenvalue weighted by atomic mass is 10.0. The molecule has 0 amide bonds. The first-order chi connectivity index (χ1) is 7.28. The van der Waals surface area contributed by atoms with Crippen LogP contribution in [0.1, 0.15) is 34.8 Å². The second-order valence-corrected chi connectivity index (χ2v) is 5.64. The molecule has 1 aliphatic heterocycles. The summed E-state index contributed by atoms with van der Waals surface area (Å²) in [6.45, 7) is 1.42. The lowest BCUT2D eigenvalue weighted by molar-refractivity contribution is 0.178. The number of nitrogens with two attached hydrogens (primary N) is 1. The largest absolute Gasteiger partial charge is 0.379 e. The Bertz CT molecular complexity index is 345. The summed E-state index contributed by atoms with van der Waals surface area (Å²) in [5.41, 5.74) is 7.33. The molecular formula is C11H16N2OS. The van der Waals surface area contributed by atoms with Gasteiger partial charge in [0.2, 0.25) is 0 Å². The summed E-state index contributed by atoms with van der Waals surface area (Å²) in [5.74, 6) is 0. The summed E-state index contributed by atoms with van der Waals surface area (Å²) in [6.07, 6.45) is 5.85. The van der Waals surface area contributed by atoms with Crippen molar-refractivity contribution in [3.8, 4) is 0 Å². The number of aromatic nitrogens is 1. The fourth-order valence-corrected chi connectivity index (χ4v) is 3.58. The lowest BCUT2D eigenvalue weighted by Crippen LogP contribution is -2.36. The van der Waals surface area contributed by atoms with Crippen LogP contribution in [0.15, 0.2) is 0 Å². The van der Waals surface area contributed by atoms with Crippen molar-refractivity contribution in [2.45, 2.75) is 37.6 Å². The predicted molar refractivity (Wildman–Crippen MR) is 60.1 cm³/mol. The molecule has 0 saturated carbocycles. The molecule has 82 valence electrons. The molecule has 2 aliphatic rings. The third-order valence-corrected chi connectivity index (χ3v) is 4.70. The predicted octanol–water partition coefficient (Wildman–Crippen LogP) is 1.60. The van der Waals surface area contributed by atoms with Crippen LogP contribution in [0.25, 0.3) is 0 Å². The zero-order valence-electron chi connectivity index (χ0n) is 8.79. The van der Waals surface area contributed by atoms with Gasteiger partial charge in [-0.25, -0.2) is 4.98 Å². The molecule has 0 spiro atoms. The number of rotatable bonds is 1. The van der Waals surface area contributed by atoms with Gasteiger partial charge in [-0.15, -0.1) is 11.3 Å². The normalized spacial score (nSPS) is 30.5. The van der Waals surface area contributed by atoms with Crippen molar-refractivity contribution in [2.75, 3.05) is 13.2 Å². The Balaban J connectivity index is 1.95. The topological polar surface area (TPSA) is 48.1 Å². The van der Waals surface area contributed by atoms with Crippen LogP contribution < -0.4 is 5.73 Å². The number of hydrogen-bond acceptors (Lipinski definition) is 4. The number of fused-ring (bicyclic) bond motifs is 1. The van der Waals surface area contributed by atoms with Crippen molar-refractivity contribution in [1.29, 1.82) is 0 Å². The van der Waals surface area contributed by atoms with Crippen LogP contribution in [-0.2, 0) is 23.1 Å². The Morgan fingerprint density at radius 1 is 1.33 bits per heavy atom. The van der Waals surface area contributed by atoms with Gasteiger partial charge in [-0.05, 0) is 32.1 Å². The van der Waals surface area contributed by atoms with E-state index in [1.807, 2.05) is 11.3 Å². The molecule has 3 nitrogen and oxygen atoms in total. The van der Waals surface area contributed by atoms with E-state index in [0.717, 1.165) is 24.5 Å². The fraction of sp³-hybridized carbons (Fsp3) is 0.727. The highest BCUT2D eigenvalue weighted by Crippen LogP contribution is 2.35. The van der Waals surface area contributed by atoms with E-state index in [-0.39, 0.29) is 5.54 Å². The van der Waals surface area contributed by atoms with Crippen molar-refractivity contribution in [3.05, 3.63) is 15.6 Å².